The Labute approximate surface area is 193 Å². The van der Waals surface area contributed by atoms with E-state index in [-0.39, 0.29) is 31.2 Å². The fourth-order valence-electron chi connectivity index (χ4n) is 4.12. The number of rotatable bonds is 8. The van der Waals surface area contributed by atoms with Gasteiger partial charge in [-0.15, -0.1) is 11.3 Å². The summed E-state index contributed by atoms with van der Waals surface area (Å²) in [5.74, 6) is -2.54. The lowest BCUT2D eigenvalue weighted by molar-refractivity contribution is -0.147. The summed E-state index contributed by atoms with van der Waals surface area (Å²) in [6.07, 6.45) is 3.75. The molecule has 1 aliphatic carbocycles. The van der Waals surface area contributed by atoms with Gasteiger partial charge in [-0.25, -0.2) is 0 Å². The van der Waals surface area contributed by atoms with Crippen molar-refractivity contribution in [2.75, 3.05) is 18.5 Å². The van der Waals surface area contributed by atoms with Crippen LogP contribution in [0, 0.1) is 0 Å². The molecule has 10 heteroatoms. The molecule has 0 atom stereocenters. The molecule has 1 aliphatic heterocycles. The first-order valence-corrected chi connectivity index (χ1v) is 11.5. The van der Waals surface area contributed by atoms with Gasteiger partial charge < -0.3 is 15.8 Å². The minimum absolute atomic E-state index is 0.0550. The third-order valence-corrected chi connectivity index (χ3v) is 6.88. The Morgan fingerprint density at radius 1 is 1.06 bits per heavy atom. The number of primary amides is 1. The number of esters is 1. The maximum atomic E-state index is 12.3. The molecular formula is C23H23N3O6S. The molecule has 0 spiro atoms. The number of thiophene rings is 1. The van der Waals surface area contributed by atoms with Gasteiger partial charge in [0.2, 0.25) is 0 Å². The van der Waals surface area contributed by atoms with Gasteiger partial charge in [-0.05, 0) is 49.8 Å². The number of aryl methyl sites for hydroxylation is 1. The SMILES string of the molecule is NC(=O)c1c(NC(=O)COC(=O)CCCN2C(=O)c3ccccc3C2=O)sc2c1CCCC2. The quantitative estimate of drug-likeness (QED) is 0.450. The number of carbonyl (C=O) groups is 5. The maximum absolute atomic E-state index is 12.3. The van der Waals surface area contributed by atoms with E-state index in [1.807, 2.05) is 0 Å². The molecule has 4 rings (SSSR count). The van der Waals surface area contributed by atoms with Crippen molar-refractivity contribution in [3.8, 4) is 0 Å². The van der Waals surface area contributed by atoms with Crippen molar-refractivity contribution in [3.05, 3.63) is 51.4 Å². The number of nitrogens with zero attached hydrogens (tertiary/aromatic N) is 1. The average molecular weight is 470 g/mol. The third-order valence-electron chi connectivity index (χ3n) is 5.68. The summed E-state index contributed by atoms with van der Waals surface area (Å²) in [6, 6.07) is 6.56. The molecule has 0 unspecified atom stereocenters. The summed E-state index contributed by atoms with van der Waals surface area (Å²) < 4.78 is 5.01. The molecule has 1 aromatic heterocycles. The van der Waals surface area contributed by atoms with Gasteiger partial charge in [0.25, 0.3) is 23.6 Å². The van der Waals surface area contributed by atoms with E-state index in [1.54, 1.807) is 24.3 Å². The summed E-state index contributed by atoms with van der Waals surface area (Å²) in [6.45, 7) is -0.428. The van der Waals surface area contributed by atoms with Crippen LogP contribution in [-0.2, 0) is 27.2 Å². The molecular weight excluding hydrogens is 446 g/mol. The van der Waals surface area contributed by atoms with Gasteiger partial charge in [-0.1, -0.05) is 12.1 Å². The molecule has 1 aromatic carbocycles. The predicted octanol–water partition coefficient (Wildman–Crippen LogP) is 2.28. The van der Waals surface area contributed by atoms with E-state index < -0.39 is 24.4 Å². The Balaban J connectivity index is 1.24. The number of amides is 4. The standard InChI is InChI=1S/C23H23N3O6S/c24-20(29)19-15-8-3-4-9-16(15)33-21(19)25-17(27)12-32-18(28)10-5-11-26-22(30)13-6-1-2-7-14(13)23(26)31/h1-2,6-7H,3-5,8-12H2,(H2,24,29)(H,25,27). The zero-order valence-corrected chi connectivity index (χ0v) is 18.7. The van der Waals surface area contributed by atoms with Gasteiger partial charge in [-0.3, -0.25) is 28.9 Å². The molecule has 2 heterocycles. The fourth-order valence-corrected chi connectivity index (χ4v) is 5.43. The molecule has 0 radical (unpaired) electrons. The van der Waals surface area contributed by atoms with Crippen molar-refractivity contribution in [1.29, 1.82) is 0 Å². The highest BCUT2D eigenvalue weighted by molar-refractivity contribution is 7.17. The zero-order valence-electron chi connectivity index (χ0n) is 17.8. The minimum atomic E-state index is -0.623. The second kappa shape index (κ2) is 9.53. The van der Waals surface area contributed by atoms with Crippen LogP contribution in [0.25, 0.3) is 0 Å². The number of nitrogens with two attached hydrogens (primary N) is 1. The summed E-state index contributed by atoms with van der Waals surface area (Å²) in [7, 11) is 0. The van der Waals surface area contributed by atoms with Gasteiger partial charge in [-0.2, -0.15) is 0 Å². The van der Waals surface area contributed by atoms with Gasteiger partial charge in [0.1, 0.15) is 5.00 Å². The highest BCUT2D eigenvalue weighted by atomic mass is 32.1. The topological polar surface area (TPSA) is 136 Å². The number of ether oxygens (including phenoxy) is 1. The highest BCUT2D eigenvalue weighted by Gasteiger charge is 2.34. The molecule has 0 saturated heterocycles. The second-order valence-corrected chi connectivity index (χ2v) is 9.00. The van der Waals surface area contributed by atoms with Crippen molar-refractivity contribution in [2.45, 2.75) is 38.5 Å². The fraction of sp³-hybridized carbons (Fsp3) is 0.348. The molecule has 4 amide bonds. The van der Waals surface area contributed by atoms with Crippen LogP contribution in [0.5, 0.6) is 0 Å². The smallest absolute Gasteiger partial charge is 0.306 e. The molecule has 0 bridgehead atoms. The normalized spacial score (nSPS) is 14.6. The van der Waals surface area contributed by atoms with Gasteiger partial charge in [0, 0.05) is 17.8 Å². The number of nitrogens with one attached hydrogen (secondary N) is 1. The largest absolute Gasteiger partial charge is 0.456 e. The monoisotopic (exact) mass is 469 g/mol. The second-order valence-electron chi connectivity index (χ2n) is 7.90. The van der Waals surface area contributed by atoms with E-state index in [4.69, 9.17) is 10.5 Å². The van der Waals surface area contributed by atoms with E-state index in [9.17, 15) is 24.0 Å². The number of carbonyl (C=O) groups excluding carboxylic acids is 5. The Bertz CT molecular complexity index is 1120. The summed E-state index contributed by atoms with van der Waals surface area (Å²) >= 11 is 1.33. The third kappa shape index (κ3) is 4.65. The van der Waals surface area contributed by atoms with Crippen LogP contribution in [0.1, 0.15) is 67.2 Å². The van der Waals surface area contributed by atoms with Crippen molar-refractivity contribution in [2.24, 2.45) is 5.73 Å². The Hall–Kier alpha value is -3.53. The van der Waals surface area contributed by atoms with Crippen LogP contribution in [0.2, 0.25) is 0 Å². The van der Waals surface area contributed by atoms with Gasteiger partial charge >= 0.3 is 5.97 Å². The van der Waals surface area contributed by atoms with Crippen LogP contribution in [0.4, 0.5) is 5.00 Å². The lowest BCUT2D eigenvalue weighted by atomic mass is 9.95. The summed E-state index contributed by atoms with van der Waals surface area (Å²) in [5.41, 5.74) is 7.47. The lowest BCUT2D eigenvalue weighted by Crippen LogP contribution is -2.31. The molecule has 33 heavy (non-hydrogen) atoms. The van der Waals surface area contributed by atoms with E-state index in [0.29, 0.717) is 21.7 Å². The molecule has 9 nitrogen and oxygen atoms in total. The predicted molar refractivity (Wildman–Crippen MR) is 120 cm³/mol. The van der Waals surface area contributed by atoms with Crippen LogP contribution < -0.4 is 11.1 Å². The average Bonchev–Trinajstić information content (AvgIpc) is 3.28. The van der Waals surface area contributed by atoms with Crippen LogP contribution in [0.3, 0.4) is 0 Å². The molecule has 2 aliphatic rings. The molecule has 0 saturated carbocycles. The Morgan fingerprint density at radius 3 is 2.39 bits per heavy atom. The van der Waals surface area contributed by atoms with E-state index in [2.05, 4.69) is 5.32 Å². The first-order chi connectivity index (χ1) is 15.9. The van der Waals surface area contributed by atoms with Crippen molar-refractivity contribution in [3.63, 3.8) is 0 Å². The number of hydrogen-bond acceptors (Lipinski definition) is 7. The Morgan fingerprint density at radius 2 is 1.73 bits per heavy atom. The number of benzene rings is 1. The van der Waals surface area contributed by atoms with Gasteiger partial charge in [0.15, 0.2) is 6.61 Å². The van der Waals surface area contributed by atoms with Crippen molar-refractivity contribution >= 4 is 45.9 Å². The summed E-state index contributed by atoms with van der Waals surface area (Å²) in [5, 5.41) is 3.02. The number of fused-ring (bicyclic) bond motifs is 2. The summed E-state index contributed by atoms with van der Waals surface area (Å²) in [4.78, 5) is 63.0. The van der Waals surface area contributed by atoms with Gasteiger partial charge in [0.05, 0.1) is 16.7 Å². The first-order valence-electron chi connectivity index (χ1n) is 10.7. The number of anilines is 1. The first kappa shape index (κ1) is 22.7. The molecule has 2 aromatic rings. The van der Waals surface area contributed by atoms with Crippen LogP contribution in [0.15, 0.2) is 24.3 Å². The highest BCUT2D eigenvalue weighted by Crippen LogP contribution is 2.37. The Kier molecular flexibility index (Phi) is 6.55. The molecule has 172 valence electrons. The number of imide groups is 1. The zero-order chi connectivity index (χ0) is 23.5. The van der Waals surface area contributed by atoms with E-state index in [1.165, 1.54) is 11.3 Å². The van der Waals surface area contributed by atoms with Crippen LogP contribution >= 0.6 is 11.3 Å². The molecule has 0 fully saturated rings. The maximum Gasteiger partial charge on any atom is 0.306 e. The van der Waals surface area contributed by atoms with E-state index >= 15 is 0 Å². The number of hydrogen-bond donors (Lipinski definition) is 2. The van der Waals surface area contributed by atoms with Crippen molar-refractivity contribution < 1.29 is 28.7 Å². The lowest BCUT2D eigenvalue weighted by Gasteiger charge is -2.13. The van der Waals surface area contributed by atoms with Crippen molar-refractivity contribution in [1.82, 2.24) is 4.90 Å². The van der Waals surface area contributed by atoms with E-state index in [0.717, 1.165) is 41.0 Å². The molecule has 3 N–H and O–H groups in total. The van der Waals surface area contributed by atoms with Crippen LogP contribution in [-0.4, -0.2) is 47.6 Å². The minimum Gasteiger partial charge on any atom is -0.456 e.